The maximum atomic E-state index is 13.8. The van der Waals surface area contributed by atoms with E-state index in [4.69, 9.17) is 8.92 Å². The van der Waals surface area contributed by atoms with E-state index in [2.05, 4.69) is 0 Å². The van der Waals surface area contributed by atoms with Gasteiger partial charge in [-0.25, -0.2) is 0 Å². The van der Waals surface area contributed by atoms with Crippen LogP contribution in [0.4, 0.5) is 0 Å². The van der Waals surface area contributed by atoms with Crippen LogP contribution in [-0.4, -0.2) is 32.4 Å². The zero-order chi connectivity index (χ0) is 24.1. The van der Waals surface area contributed by atoms with E-state index in [-0.39, 0.29) is 22.5 Å². The Bertz CT molecular complexity index is 911. The summed E-state index contributed by atoms with van der Waals surface area (Å²) in [6.07, 6.45) is 9.53. The number of rotatable bonds is 9. The summed E-state index contributed by atoms with van der Waals surface area (Å²) < 4.78 is 37.2. The van der Waals surface area contributed by atoms with Gasteiger partial charge in [-0.2, -0.15) is 8.42 Å². The highest BCUT2D eigenvalue weighted by molar-refractivity contribution is 7.86. The largest absolute Gasteiger partial charge is 0.459 e. The highest BCUT2D eigenvalue weighted by atomic mass is 32.2. The molecule has 0 aliphatic heterocycles. The molecule has 1 atom stereocenters. The van der Waals surface area contributed by atoms with E-state index >= 15 is 0 Å². The van der Waals surface area contributed by atoms with Gasteiger partial charge in [0.1, 0.15) is 11.4 Å². The standard InChI is InChI=1S/C26H38O6S/c1-20(27)26(22-15-9-5-10-16-22,19-31-33(29,30)23-17-11-6-12-18-23)24(28)32-25(2,3)21-13-7-4-8-14-21/h6,11-12,17-18,21-22H,4-5,7-10,13-16,19H2,1-3H3. The third-order valence-electron chi connectivity index (χ3n) is 7.71. The molecule has 33 heavy (non-hydrogen) atoms. The molecule has 0 aromatic heterocycles. The van der Waals surface area contributed by atoms with Crippen molar-refractivity contribution in [1.29, 1.82) is 0 Å². The molecule has 184 valence electrons. The second kappa shape index (κ2) is 10.7. The molecule has 2 saturated carbocycles. The van der Waals surface area contributed by atoms with Gasteiger partial charge in [0, 0.05) is 0 Å². The maximum Gasteiger partial charge on any atom is 0.322 e. The SMILES string of the molecule is CC(=O)C(COS(=O)(=O)c1ccccc1)(C(=O)OC(C)(C)C1CCCCC1)C1CCCCC1. The highest BCUT2D eigenvalue weighted by Crippen LogP contribution is 2.44. The van der Waals surface area contributed by atoms with Crippen LogP contribution in [0.5, 0.6) is 0 Å². The highest BCUT2D eigenvalue weighted by Gasteiger charge is 2.54. The topological polar surface area (TPSA) is 86.7 Å². The number of ether oxygens (including phenoxy) is 1. The fourth-order valence-corrected chi connectivity index (χ4v) is 6.48. The van der Waals surface area contributed by atoms with Gasteiger partial charge >= 0.3 is 5.97 Å². The Balaban J connectivity index is 1.90. The number of esters is 1. The first-order valence-electron chi connectivity index (χ1n) is 12.3. The van der Waals surface area contributed by atoms with Crippen molar-refractivity contribution >= 4 is 21.9 Å². The summed E-state index contributed by atoms with van der Waals surface area (Å²) in [4.78, 5) is 26.9. The lowest BCUT2D eigenvalue weighted by Gasteiger charge is -2.42. The van der Waals surface area contributed by atoms with Gasteiger partial charge in [-0.05, 0) is 70.4 Å². The summed E-state index contributed by atoms with van der Waals surface area (Å²) in [7, 11) is -4.12. The van der Waals surface area contributed by atoms with Gasteiger partial charge in [0.05, 0.1) is 11.5 Å². The van der Waals surface area contributed by atoms with Crippen LogP contribution in [0, 0.1) is 17.3 Å². The summed E-state index contributed by atoms with van der Waals surface area (Å²) >= 11 is 0. The minimum absolute atomic E-state index is 0.00185. The molecule has 0 amide bonds. The Morgan fingerprint density at radius 2 is 1.39 bits per heavy atom. The molecule has 1 aromatic rings. The van der Waals surface area contributed by atoms with E-state index in [1.165, 1.54) is 25.5 Å². The van der Waals surface area contributed by atoms with Gasteiger partial charge in [0.15, 0.2) is 5.41 Å². The predicted molar refractivity (Wildman–Crippen MR) is 126 cm³/mol. The van der Waals surface area contributed by atoms with Gasteiger partial charge in [-0.3, -0.25) is 13.8 Å². The third-order valence-corrected chi connectivity index (χ3v) is 8.99. The second-order valence-electron chi connectivity index (χ2n) is 10.2. The molecule has 2 aliphatic rings. The van der Waals surface area contributed by atoms with Crippen molar-refractivity contribution in [2.75, 3.05) is 6.61 Å². The van der Waals surface area contributed by atoms with Crippen molar-refractivity contribution in [3.63, 3.8) is 0 Å². The van der Waals surface area contributed by atoms with Crippen molar-refractivity contribution in [1.82, 2.24) is 0 Å². The first-order chi connectivity index (χ1) is 15.6. The summed E-state index contributed by atoms with van der Waals surface area (Å²) in [5, 5.41) is 0. The fourth-order valence-electron chi connectivity index (χ4n) is 5.51. The first-order valence-corrected chi connectivity index (χ1v) is 13.7. The number of benzene rings is 1. The summed E-state index contributed by atoms with van der Waals surface area (Å²) in [6, 6.07) is 7.81. The van der Waals surface area contributed by atoms with Crippen LogP contribution in [-0.2, 0) is 28.6 Å². The maximum absolute atomic E-state index is 13.8. The minimum Gasteiger partial charge on any atom is -0.459 e. The summed E-state index contributed by atoms with van der Waals surface area (Å²) in [5.41, 5.74) is -2.36. The monoisotopic (exact) mass is 478 g/mol. The number of carbonyl (C=O) groups excluding carboxylic acids is 2. The number of hydrogen-bond donors (Lipinski definition) is 0. The van der Waals surface area contributed by atoms with E-state index in [0.717, 1.165) is 44.9 Å². The average molecular weight is 479 g/mol. The molecule has 0 radical (unpaired) electrons. The molecule has 3 rings (SSSR count). The second-order valence-corrected chi connectivity index (χ2v) is 11.8. The third kappa shape index (κ3) is 5.86. The van der Waals surface area contributed by atoms with E-state index in [1.54, 1.807) is 18.2 Å². The summed E-state index contributed by atoms with van der Waals surface area (Å²) in [5.74, 6) is -1.10. The van der Waals surface area contributed by atoms with Gasteiger partial charge in [0.25, 0.3) is 10.1 Å². The number of hydrogen-bond acceptors (Lipinski definition) is 6. The molecule has 0 saturated heterocycles. The number of ketones is 1. The smallest absolute Gasteiger partial charge is 0.322 e. The zero-order valence-electron chi connectivity index (χ0n) is 20.2. The van der Waals surface area contributed by atoms with E-state index in [1.807, 2.05) is 13.8 Å². The molecule has 0 N–H and O–H groups in total. The normalized spacial score (nSPS) is 20.7. The van der Waals surface area contributed by atoms with Crippen LogP contribution < -0.4 is 0 Å². The van der Waals surface area contributed by atoms with Gasteiger partial charge in [-0.1, -0.05) is 56.7 Å². The van der Waals surface area contributed by atoms with Crippen LogP contribution >= 0.6 is 0 Å². The molecule has 1 unspecified atom stereocenters. The molecule has 0 spiro atoms. The Labute approximate surface area is 198 Å². The Morgan fingerprint density at radius 1 is 0.879 bits per heavy atom. The Morgan fingerprint density at radius 3 is 1.91 bits per heavy atom. The molecule has 0 bridgehead atoms. The average Bonchev–Trinajstić information content (AvgIpc) is 2.81. The zero-order valence-corrected chi connectivity index (χ0v) is 21.0. The lowest BCUT2D eigenvalue weighted by Crippen LogP contribution is -2.53. The molecular weight excluding hydrogens is 440 g/mol. The molecule has 6 nitrogen and oxygen atoms in total. The Kier molecular flexibility index (Phi) is 8.38. The van der Waals surface area contributed by atoms with E-state index < -0.39 is 33.7 Å². The van der Waals surface area contributed by atoms with Gasteiger partial charge in [-0.15, -0.1) is 0 Å². The van der Waals surface area contributed by atoms with Crippen molar-refractivity contribution in [3.05, 3.63) is 30.3 Å². The van der Waals surface area contributed by atoms with Crippen molar-refractivity contribution in [2.45, 2.75) is 95.5 Å². The van der Waals surface area contributed by atoms with Crippen LogP contribution in [0.2, 0.25) is 0 Å². The van der Waals surface area contributed by atoms with E-state index in [9.17, 15) is 18.0 Å². The number of carbonyl (C=O) groups is 2. The lowest BCUT2D eigenvalue weighted by atomic mass is 9.66. The van der Waals surface area contributed by atoms with Crippen molar-refractivity contribution in [2.24, 2.45) is 17.3 Å². The molecule has 2 aliphatic carbocycles. The molecular formula is C26H38O6S. The molecule has 7 heteroatoms. The van der Waals surface area contributed by atoms with Crippen LogP contribution in [0.15, 0.2) is 35.2 Å². The van der Waals surface area contributed by atoms with Crippen LogP contribution in [0.3, 0.4) is 0 Å². The van der Waals surface area contributed by atoms with E-state index in [0.29, 0.717) is 12.8 Å². The lowest BCUT2D eigenvalue weighted by molar-refractivity contribution is -0.184. The number of Topliss-reactive ketones (excluding diaryl/α,β-unsaturated/α-hetero) is 1. The minimum atomic E-state index is -4.12. The molecule has 2 fully saturated rings. The first kappa shape index (κ1) is 25.9. The fraction of sp³-hybridized carbons (Fsp3) is 0.692. The molecule has 0 heterocycles. The van der Waals surface area contributed by atoms with Crippen molar-refractivity contribution in [3.8, 4) is 0 Å². The Hall–Kier alpha value is -1.73. The predicted octanol–water partition coefficient (Wildman–Crippen LogP) is 5.45. The van der Waals surface area contributed by atoms with Gasteiger partial charge < -0.3 is 4.74 Å². The van der Waals surface area contributed by atoms with Crippen molar-refractivity contribution < 1.29 is 26.9 Å². The van der Waals surface area contributed by atoms with Crippen LogP contribution in [0.1, 0.15) is 85.0 Å². The quantitative estimate of drug-likeness (QED) is 0.266. The van der Waals surface area contributed by atoms with Gasteiger partial charge in [0.2, 0.25) is 0 Å². The van der Waals surface area contributed by atoms with Crippen LogP contribution in [0.25, 0.3) is 0 Å². The molecule has 1 aromatic carbocycles. The summed E-state index contributed by atoms with van der Waals surface area (Å²) in [6.45, 7) is 4.66.